The second kappa shape index (κ2) is 3.66. The van der Waals surface area contributed by atoms with E-state index in [9.17, 15) is 0 Å². The first-order valence-electron chi connectivity index (χ1n) is 6.15. The lowest BCUT2D eigenvalue weighted by molar-refractivity contribution is 0.967. The van der Waals surface area contributed by atoms with Crippen molar-refractivity contribution in [3.8, 4) is 11.1 Å². The first kappa shape index (κ1) is 10.5. The van der Waals surface area contributed by atoms with Gasteiger partial charge in [0.1, 0.15) is 5.82 Å². The molecule has 17 heavy (non-hydrogen) atoms. The molecular weight excluding hydrogens is 208 g/mol. The van der Waals surface area contributed by atoms with Crippen molar-refractivity contribution >= 4 is 0 Å². The van der Waals surface area contributed by atoms with Crippen molar-refractivity contribution in [2.24, 2.45) is 0 Å². The largest absolute Gasteiger partial charge is 0.238 e. The Hall–Kier alpha value is -1.70. The van der Waals surface area contributed by atoms with Crippen molar-refractivity contribution in [2.45, 2.75) is 33.6 Å². The van der Waals surface area contributed by atoms with Gasteiger partial charge in [-0.25, -0.2) is 9.97 Å². The van der Waals surface area contributed by atoms with Gasteiger partial charge in [-0.2, -0.15) is 0 Å². The molecule has 86 valence electrons. The summed E-state index contributed by atoms with van der Waals surface area (Å²) < 4.78 is 0. The third kappa shape index (κ3) is 1.55. The maximum Gasteiger partial charge on any atom is 0.125 e. The van der Waals surface area contributed by atoms with Crippen molar-refractivity contribution in [2.75, 3.05) is 0 Å². The van der Waals surface area contributed by atoms with Gasteiger partial charge in [0.2, 0.25) is 0 Å². The van der Waals surface area contributed by atoms with E-state index < -0.39 is 0 Å². The Morgan fingerprint density at radius 2 is 2.00 bits per heavy atom. The van der Waals surface area contributed by atoms with E-state index in [-0.39, 0.29) is 0 Å². The normalized spacial score (nSPS) is 12.4. The average molecular weight is 224 g/mol. The molecule has 0 atom stereocenters. The first-order valence-corrected chi connectivity index (χ1v) is 6.15. The highest BCUT2D eigenvalue weighted by Crippen LogP contribution is 2.37. The van der Waals surface area contributed by atoms with Gasteiger partial charge in [0.25, 0.3) is 0 Å². The fraction of sp³-hybridized carbons (Fsp3) is 0.333. The molecule has 0 saturated heterocycles. The maximum absolute atomic E-state index is 4.57. The van der Waals surface area contributed by atoms with Crippen LogP contribution in [0.2, 0.25) is 0 Å². The molecule has 0 spiro atoms. The van der Waals surface area contributed by atoms with Gasteiger partial charge in [0, 0.05) is 17.7 Å². The molecule has 2 heteroatoms. The van der Waals surface area contributed by atoms with Crippen LogP contribution in [0, 0.1) is 13.8 Å². The summed E-state index contributed by atoms with van der Waals surface area (Å²) in [7, 11) is 0. The number of hydrogen-bond donors (Lipinski definition) is 0. The van der Waals surface area contributed by atoms with Crippen LogP contribution >= 0.6 is 0 Å². The Balaban J connectivity index is 2.25. The molecule has 2 nitrogen and oxygen atoms in total. The topological polar surface area (TPSA) is 25.8 Å². The molecule has 0 fully saturated rings. The minimum absolute atomic E-state index is 0.879. The molecule has 1 aliphatic rings. The molecule has 0 bridgehead atoms. The van der Waals surface area contributed by atoms with Gasteiger partial charge >= 0.3 is 0 Å². The average Bonchev–Trinajstić information content (AvgIpc) is 2.65. The molecule has 3 rings (SSSR count). The summed E-state index contributed by atoms with van der Waals surface area (Å²) in [4.78, 5) is 9.06. The molecule has 1 aromatic carbocycles. The zero-order chi connectivity index (χ0) is 12.0. The van der Waals surface area contributed by atoms with Gasteiger partial charge in [-0.1, -0.05) is 25.1 Å². The lowest BCUT2D eigenvalue weighted by atomic mass is 10.0. The van der Waals surface area contributed by atoms with Crippen LogP contribution in [0.25, 0.3) is 11.1 Å². The van der Waals surface area contributed by atoms with Crippen LogP contribution < -0.4 is 0 Å². The summed E-state index contributed by atoms with van der Waals surface area (Å²) in [6, 6.07) is 6.76. The van der Waals surface area contributed by atoms with E-state index >= 15 is 0 Å². The number of nitrogens with zero attached hydrogens (tertiary/aromatic N) is 2. The number of aryl methyl sites for hydroxylation is 3. The van der Waals surface area contributed by atoms with Gasteiger partial charge in [-0.3, -0.25) is 0 Å². The van der Waals surface area contributed by atoms with Crippen LogP contribution in [-0.4, -0.2) is 9.97 Å². The van der Waals surface area contributed by atoms with Gasteiger partial charge in [0.15, 0.2) is 0 Å². The first-order chi connectivity index (χ1) is 8.19. The van der Waals surface area contributed by atoms with Gasteiger partial charge < -0.3 is 0 Å². The van der Waals surface area contributed by atoms with Crippen LogP contribution in [0.4, 0.5) is 0 Å². The quantitative estimate of drug-likeness (QED) is 0.634. The molecule has 0 saturated carbocycles. The molecule has 1 aliphatic carbocycles. The summed E-state index contributed by atoms with van der Waals surface area (Å²) in [6.07, 6.45) is 2.03. The molecule has 0 amide bonds. The Labute approximate surface area is 102 Å². The molecule has 0 N–H and O–H groups in total. The summed E-state index contributed by atoms with van der Waals surface area (Å²) in [5, 5.41) is 0. The van der Waals surface area contributed by atoms with Crippen molar-refractivity contribution in [3.63, 3.8) is 0 Å². The number of hydrogen-bond acceptors (Lipinski definition) is 2. The van der Waals surface area contributed by atoms with Crippen LogP contribution in [-0.2, 0) is 12.8 Å². The van der Waals surface area contributed by atoms with Crippen LogP contribution in [0.5, 0.6) is 0 Å². The van der Waals surface area contributed by atoms with E-state index in [0.717, 1.165) is 24.4 Å². The fourth-order valence-corrected chi connectivity index (χ4v) is 2.67. The molecule has 0 unspecified atom stereocenters. The second-order valence-corrected chi connectivity index (χ2v) is 4.70. The van der Waals surface area contributed by atoms with Gasteiger partial charge in [0.05, 0.1) is 5.69 Å². The summed E-state index contributed by atoms with van der Waals surface area (Å²) in [6.45, 7) is 6.24. The molecular formula is C15H16N2. The molecule has 0 radical (unpaired) electrons. The highest BCUT2D eigenvalue weighted by atomic mass is 14.9. The fourth-order valence-electron chi connectivity index (χ4n) is 2.67. The molecule has 1 aromatic heterocycles. The third-order valence-electron chi connectivity index (χ3n) is 3.49. The third-order valence-corrected chi connectivity index (χ3v) is 3.49. The summed E-state index contributed by atoms with van der Waals surface area (Å²) in [5.41, 5.74) is 7.69. The van der Waals surface area contributed by atoms with E-state index in [4.69, 9.17) is 0 Å². The van der Waals surface area contributed by atoms with Crippen LogP contribution in [0.1, 0.15) is 35.3 Å². The zero-order valence-corrected chi connectivity index (χ0v) is 10.5. The molecule has 2 aromatic rings. The van der Waals surface area contributed by atoms with E-state index in [1.54, 1.807) is 0 Å². The Kier molecular flexibility index (Phi) is 2.25. The maximum atomic E-state index is 4.57. The Morgan fingerprint density at radius 1 is 1.18 bits per heavy atom. The van der Waals surface area contributed by atoms with Crippen molar-refractivity contribution < 1.29 is 0 Å². The van der Waals surface area contributed by atoms with Crippen molar-refractivity contribution in [3.05, 3.63) is 46.5 Å². The van der Waals surface area contributed by atoms with Crippen molar-refractivity contribution in [1.82, 2.24) is 9.97 Å². The van der Waals surface area contributed by atoms with Crippen LogP contribution in [0.15, 0.2) is 18.2 Å². The SMILES string of the molecule is CCc1ccc2c(c1)-c1c(C)nc(C)nc1C2. The Bertz CT molecular complexity index is 600. The van der Waals surface area contributed by atoms with E-state index in [1.807, 2.05) is 6.92 Å². The Morgan fingerprint density at radius 3 is 2.76 bits per heavy atom. The molecule has 1 heterocycles. The highest BCUT2D eigenvalue weighted by molar-refractivity contribution is 5.77. The second-order valence-electron chi connectivity index (χ2n) is 4.70. The van der Waals surface area contributed by atoms with Gasteiger partial charge in [-0.15, -0.1) is 0 Å². The predicted octanol–water partition coefficient (Wildman–Crippen LogP) is 3.23. The molecule has 0 aliphatic heterocycles. The van der Waals surface area contributed by atoms with Crippen LogP contribution in [0.3, 0.4) is 0 Å². The van der Waals surface area contributed by atoms with E-state index in [1.165, 1.54) is 27.9 Å². The van der Waals surface area contributed by atoms with Crippen molar-refractivity contribution in [1.29, 1.82) is 0 Å². The minimum Gasteiger partial charge on any atom is -0.238 e. The highest BCUT2D eigenvalue weighted by Gasteiger charge is 2.22. The zero-order valence-electron chi connectivity index (χ0n) is 10.5. The monoisotopic (exact) mass is 224 g/mol. The van der Waals surface area contributed by atoms with E-state index in [0.29, 0.717) is 0 Å². The summed E-state index contributed by atoms with van der Waals surface area (Å²) >= 11 is 0. The lowest BCUT2D eigenvalue weighted by Crippen LogP contribution is -1.97. The number of benzene rings is 1. The summed E-state index contributed by atoms with van der Waals surface area (Å²) in [5.74, 6) is 0.879. The van der Waals surface area contributed by atoms with Gasteiger partial charge in [-0.05, 0) is 37.0 Å². The predicted molar refractivity (Wildman–Crippen MR) is 69.1 cm³/mol. The standard InChI is InChI=1S/C15H16N2/c1-4-11-5-6-12-8-14-15(13(12)7-11)9(2)16-10(3)17-14/h5-7H,4,8H2,1-3H3. The smallest absolute Gasteiger partial charge is 0.125 e. The lowest BCUT2D eigenvalue weighted by Gasteiger charge is -2.06. The number of rotatable bonds is 1. The minimum atomic E-state index is 0.879. The number of aromatic nitrogens is 2. The number of fused-ring (bicyclic) bond motifs is 3. The van der Waals surface area contributed by atoms with E-state index in [2.05, 4.69) is 42.0 Å².